The molecule has 1 atom stereocenters. The second kappa shape index (κ2) is 6.64. The molecule has 8 heteroatoms. The number of anilines is 1. The fourth-order valence-corrected chi connectivity index (χ4v) is 2.64. The third-order valence-electron chi connectivity index (χ3n) is 3.76. The second-order valence-corrected chi connectivity index (χ2v) is 5.31. The normalized spacial score (nSPS) is 16.5. The van der Waals surface area contributed by atoms with Gasteiger partial charge in [-0.05, 0) is 25.0 Å². The predicted octanol–water partition coefficient (Wildman–Crippen LogP) is 1.90. The van der Waals surface area contributed by atoms with Crippen LogP contribution in [0, 0.1) is 0 Å². The summed E-state index contributed by atoms with van der Waals surface area (Å²) in [6.07, 6.45) is 4.18. The Kier molecular flexibility index (Phi) is 4.40. The van der Waals surface area contributed by atoms with E-state index in [1.807, 2.05) is 11.6 Å². The minimum Gasteiger partial charge on any atom is -0.493 e. The first-order valence-corrected chi connectivity index (χ1v) is 7.71. The van der Waals surface area contributed by atoms with Crippen LogP contribution in [0.4, 0.5) is 10.6 Å². The van der Waals surface area contributed by atoms with Crippen LogP contribution < -0.4 is 15.4 Å². The average Bonchev–Trinajstić information content (AvgIpc) is 2.99. The molecule has 1 aliphatic rings. The lowest BCUT2D eigenvalue weighted by molar-refractivity contribution is 0.244. The van der Waals surface area contributed by atoms with Crippen molar-refractivity contribution in [3.05, 3.63) is 30.0 Å². The maximum atomic E-state index is 12.3. The van der Waals surface area contributed by atoms with Gasteiger partial charge in [0.25, 0.3) is 0 Å². The van der Waals surface area contributed by atoms with Crippen molar-refractivity contribution in [2.24, 2.45) is 0 Å². The number of hydrogen-bond acceptors (Lipinski definition) is 5. The Bertz CT molecular complexity index is 699. The fourth-order valence-electron chi connectivity index (χ4n) is 2.64. The first-order valence-electron chi connectivity index (χ1n) is 7.71. The number of rotatable bonds is 4. The van der Waals surface area contributed by atoms with Crippen molar-refractivity contribution in [3.8, 4) is 5.75 Å². The molecule has 8 nitrogen and oxygen atoms in total. The van der Waals surface area contributed by atoms with Crippen LogP contribution in [0.25, 0.3) is 0 Å². The minimum absolute atomic E-state index is 0.147. The summed E-state index contributed by atoms with van der Waals surface area (Å²) in [4.78, 5) is 20.9. The second-order valence-electron chi connectivity index (χ2n) is 5.31. The Morgan fingerprint density at radius 3 is 3.17 bits per heavy atom. The lowest BCUT2D eigenvalue weighted by Gasteiger charge is -2.23. The molecule has 0 radical (unpaired) electrons. The number of carbonyl (C=O) groups is 1. The van der Waals surface area contributed by atoms with E-state index in [-0.39, 0.29) is 12.1 Å². The molecule has 3 rings (SSSR count). The number of pyridine rings is 1. The molecule has 23 heavy (non-hydrogen) atoms. The van der Waals surface area contributed by atoms with Gasteiger partial charge in [0, 0.05) is 19.2 Å². The smallest absolute Gasteiger partial charge is 0.321 e. The van der Waals surface area contributed by atoms with E-state index < -0.39 is 0 Å². The number of hydrogen-bond donors (Lipinski definition) is 2. The molecule has 0 unspecified atom stereocenters. The van der Waals surface area contributed by atoms with Gasteiger partial charge >= 0.3 is 6.03 Å². The Hall–Kier alpha value is -2.64. The van der Waals surface area contributed by atoms with Crippen LogP contribution in [0.5, 0.6) is 5.75 Å². The SMILES string of the molecule is CCc1nc2n(n1)CCC[C@@H]2NC(=O)Nc1ncccc1OC. The van der Waals surface area contributed by atoms with Crippen molar-refractivity contribution < 1.29 is 9.53 Å². The third kappa shape index (κ3) is 3.25. The summed E-state index contributed by atoms with van der Waals surface area (Å²) in [7, 11) is 1.54. The maximum absolute atomic E-state index is 12.3. The van der Waals surface area contributed by atoms with Crippen molar-refractivity contribution in [1.82, 2.24) is 25.1 Å². The quantitative estimate of drug-likeness (QED) is 0.898. The van der Waals surface area contributed by atoms with E-state index in [2.05, 4.69) is 25.7 Å². The van der Waals surface area contributed by atoms with Gasteiger partial charge in [0.15, 0.2) is 17.4 Å². The Balaban J connectivity index is 1.70. The van der Waals surface area contributed by atoms with Gasteiger partial charge in [0.2, 0.25) is 0 Å². The van der Waals surface area contributed by atoms with E-state index in [9.17, 15) is 4.79 Å². The summed E-state index contributed by atoms with van der Waals surface area (Å²) in [5.74, 6) is 2.53. The molecule has 0 bridgehead atoms. The van der Waals surface area contributed by atoms with Crippen LogP contribution in [-0.4, -0.2) is 32.9 Å². The van der Waals surface area contributed by atoms with Crippen molar-refractivity contribution in [2.45, 2.75) is 38.8 Å². The molecule has 2 amide bonds. The van der Waals surface area contributed by atoms with Gasteiger partial charge in [-0.3, -0.25) is 5.32 Å². The van der Waals surface area contributed by atoms with Crippen LogP contribution in [-0.2, 0) is 13.0 Å². The molecular formula is C15H20N6O2. The number of urea groups is 1. The van der Waals surface area contributed by atoms with Crippen molar-refractivity contribution in [3.63, 3.8) is 0 Å². The van der Waals surface area contributed by atoms with Gasteiger partial charge in [-0.15, -0.1) is 0 Å². The number of aryl methyl sites for hydroxylation is 2. The van der Waals surface area contributed by atoms with E-state index in [1.54, 1.807) is 18.3 Å². The summed E-state index contributed by atoms with van der Waals surface area (Å²) >= 11 is 0. The zero-order valence-corrected chi connectivity index (χ0v) is 13.2. The molecule has 0 saturated heterocycles. The Morgan fingerprint density at radius 1 is 1.52 bits per heavy atom. The molecule has 0 saturated carbocycles. The average molecular weight is 316 g/mol. The highest BCUT2D eigenvalue weighted by Gasteiger charge is 2.25. The first kappa shape index (κ1) is 15.3. The lowest BCUT2D eigenvalue weighted by atomic mass is 10.1. The largest absolute Gasteiger partial charge is 0.493 e. The molecule has 2 N–H and O–H groups in total. The zero-order chi connectivity index (χ0) is 16.2. The molecule has 1 aliphatic heterocycles. The Labute approximate surface area is 134 Å². The summed E-state index contributed by atoms with van der Waals surface area (Å²) in [6.45, 7) is 2.86. The number of amides is 2. The van der Waals surface area contributed by atoms with Crippen molar-refractivity contribution in [2.75, 3.05) is 12.4 Å². The topological polar surface area (TPSA) is 94.0 Å². The van der Waals surface area contributed by atoms with E-state index in [4.69, 9.17) is 4.74 Å². The maximum Gasteiger partial charge on any atom is 0.321 e. The lowest BCUT2D eigenvalue weighted by Crippen LogP contribution is -2.36. The molecule has 0 spiro atoms. The van der Waals surface area contributed by atoms with Gasteiger partial charge in [0.05, 0.1) is 13.2 Å². The van der Waals surface area contributed by atoms with Gasteiger partial charge in [0.1, 0.15) is 5.82 Å². The monoisotopic (exact) mass is 316 g/mol. The summed E-state index contributed by atoms with van der Waals surface area (Å²) in [5, 5.41) is 10.1. The summed E-state index contributed by atoms with van der Waals surface area (Å²) < 4.78 is 7.06. The molecular weight excluding hydrogens is 296 g/mol. The van der Waals surface area contributed by atoms with E-state index in [0.717, 1.165) is 37.5 Å². The van der Waals surface area contributed by atoms with Crippen LogP contribution in [0.15, 0.2) is 18.3 Å². The third-order valence-corrected chi connectivity index (χ3v) is 3.76. The first-order chi connectivity index (χ1) is 11.2. The van der Waals surface area contributed by atoms with E-state index in [1.165, 1.54) is 7.11 Å². The van der Waals surface area contributed by atoms with Gasteiger partial charge < -0.3 is 10.1 Å². The molecule has 122 valence electrons. The molecule has 0 aromatic carbocycles. The van der Waals surface area contributed by atoms with Gasteiger partial charge in [-0.1, -0.05) is 6.92 Å². The number of nitrogens with zero attached hydrogens (tertiary/aromatic N) is 4. The van der Waals surface area contributed by atoms with Crippen LogP contribution in [0.1, 0.15) is 37.5 Å². The standard InChI is InChI=1S/C15H20N6O2/c1-3-12-18-14-10(6-5-9-21(14)20-12)17-15(22)19-13-11(23-2)7-4-8-16-13/h4,7-8,10H,3,5-6,9H2,1-2H3,(H2,16,17,19,22)/t10-/m0/s1. The summed E-state index contributed by atoms with van der Waals surface area (Å²) in [6, 6.07) is 3.01. The molecule has 0 fully saturated rings. The fraction of sp³-hybridized carbons (Fsp3) is 0.467. The van der Waals surface area contributed by atoms with Crippen LogP contribution in [0.2, 0.25) is 0 Å². The number of methoxy groups -OCH3 is 1. The highest BCUT2D eigenvalue weighted by Crippen LogP contribution is 2.24. The molecule has 3 heterocycles. The molecule has 0 aliphatic carbocycles. The molecule has 2 aromatic rings. The van der Waals surface area contributed by atoms with E-state index >= 15 is 0 Å². The van der Waals surface area contributed by atoms with Crippen LogP contribution >= 0.6 is 0 Å². The zero-order valence-electron chi connectivity index (χ0n) is 13.2. The summed E-state index contributed by atoms with van der Waals surface area (Å²) in [5.41, 5.74) is 0. The van der Waals surface area contributed by atoms with Crippen molar-refractivity contribution >= 4 is 11.8 Å². The number of ether oxygens (including phenoxy) is 1. The highest BCUT2D eigenvalue weighted by molar-refractivity contribution is 5.89. The van der Waals surface area contributed by atoms with Gasteiger partial charge in [-0.25, -0.2) is 19.4 Å². The Morgan fingerprint density at radius 2 is 2.39 bits per heavy atom. The number of carbonyl (C=O) groups excluding carboxylic acids is 1. The molecule has 2 aromatic heterocycles. The minimum atomic E-state index is -0.332. The predicted molar refractivity (Wildman–Crippen MR) is 84.3 cm³/mol. The number of nitrogens with one attached hydrogen (secondary N) is 2. The van der Waals surface area contributed by atoms with Crippen molar-refractivity contribution in [1.29, 1.82) is 0 Å². The van der Waals surface area contributed by atoms with Gasteiger partial charge in [-0.2, -0.15) is 5.10 Å². The number of fused-ring (bicyclic) bond motifs is 1. The number of aromatic nitrogens is 4. The van der Waals surface area contributed by atoms with Crippen LogP contribution in [0.3, 0.4) is 0 Å². The van der Waals surface area contributed by atoms with E-state index in [0.29, 0.717) is 11.6 Å². The highest BCUT2D eigenvalue weighted by atomic mass is 16.5.